The molecule has 0 saturated carbocycles. The van der Waals surface area contributed by atoms with E-state index in [1.165, 1.54) is 0 Å². The summed E-state index contributed by atoms with van der Waals surface area (Å²) >= 11 is 5.89. The molecule has 1 N–H and O–H groups in total. The lowest BCUT2D eigenvalue weighted by Crippen LogP contribution is -2.49. The van der Waals surface area contributed by atoms with Crippen LogP contribution in [0.3, 0.4) is 0 Å². The number of aromatic nitrogens is 1. The van der Waals surface area contributed by atoms with E-state index in [4.69, 9.17) is 16.0 Å². The van der Waals surface area contributed by atoms with Crippen molar-refractivity contribution in [2.45, 2.75) is 19.5 Å². The molecule has 1 aliphatic heterocycles. The van der Waals surface area contributed by atoms with Gasteiger partial charge in [-0.3, -0.25) is 4.90 Å². The second-order valence-electron chi connectivity index (χ2n) is 5.17. The maximum absolute atomic E-state index is 5.89. The fraction of sp³-hybridized carbons (Fsp3) is 0.400. The quantitative estimate of drug-likeness (QED) is 0.939. The molecule has 2 heterocycles. The molecule has 1 atom stereocenters. The van der Waals surface area contributed by atoms with Crippen LogP contribution >= 0.6 is 24.0 Å². The van der Waals surface area contributed by atoms with Crippen LogP contribution in [0.25, 0.3) is 11.5 Å². The molecule has 0 bridgehead atoms. The molecule has 0 aliphatic carbocycles. The molecule has 1 aliphatic rings. The summed E-state index contributed by atoms with van der Waals surface area (Å²) in [5, 5.41) is 4.11. The molecule has 1 unspecified atom stereocenters. The number of nitrogens with one attached hydrogen (secondary N) is 1. The Bertz CT molecular complexity index is 571. The van der Waals surface area contributed by atoms with Crippen molar-refractivity contribution in [3.05, 3.63) is 41.2 Å². The van der Waals surface area contributed by atoms with E-state index in [0.29, 0.717) is 11.9 Å². The Labute approximate surface area is 135 Å². The van der Waals surface area contributed by atoms with Gasteiger partial charge in [-0.15, -0.1) is 12.4 Å². The average molecular weight is 328 g/mol. The molecule has 1 aromatic carbocycles. The van der Waals surface area contributed by atoms with Gasteiger partial charge < -0.3 is 9.73 Å². The second-order valence-corrected chi connectivity index (χ2v) is 5.61. The van der Waals surface area contributed by atoms with Gasteiger partial charge in [-0.2, -0.15) is 0 Å². The highest BCUT2D eigenvalue weighted by Gasteiger charge is 2.19. The number of hydrogen-bond acceptors (Lipinski definition) is 4. The van der Waals surface area contributed by atoms with Crippen molar-refractivity contribution < 1.29 is 4.42 Å². The Kier molecular flexibility index (Phi) is 5.65. The molecule has 114 valence electrons. The van der Waals surface area contributed by atoms with Gasteiger partial charge in [0.25, 0.3) is 0 Å². The summed E-state index contributed by atoms with van der Waals surface area (Å²) in [4.78, 5) is 6.98. The molecular formula is C15H19Cl2N3O. The van der Waals surface area contributed by atoms with Crippen LogP contribution in [0.5, 0.6) is 0 Å². The maximum Gasteiger partial charge on any atom is 0.226 e. The van der Waals surface area contributed by atoms with Crippen molar-refractivity contribution in [1.29, 1.82) is 0 Å². The maximum atomic E-state index is 5.89. The minimum Gasteiger partial charge on any atom is -0.444 e. The van der Waals surface area contributed by atoms with Crippen molar-refractivity contribution in [2.75, 3.05) is 19.6 Å². The first-order valence-corrected chi connectivity index (χ1v) is 7.25. The molecule has 2 aromatic rings. The molecule has 0 amide bonds. The highest BCUT2D eigenvalue weighted by atomic mass is 35.5. The molecule has 1 fully saturated rings. The highest BCUT2D eigenvalue weighted by molar-refractivity contribution is 6.30. The minimum absolute atomic E-state index is 0. The van der Waals surface area contributed by atoms with E-state index in [0.717, 1.165) is 42.5 Å². The third-order valence-electron chi connectivity index (χ3n) is 3.65. The molecule has 0 spiro atoms. The Hall–Kier alpha value is -1.07. The van der Waals surface area contributed by atoms with Crippen molar-refractivity contribution >= 4 is 24.0 Å². The van der Waals surface area contributed by atoms with Gasteiger partial charge in [0, 0.05) is 42.8 Å². The zero-order chi connectivity index (χ0) is 13.9. The zero-order valence-electron chi connectivity index (χ0n) is 11.9. The topological polar surface area (TPSA) is 41.3 Å². The first-order valence-electron chi connectivity index (χ1n) is 6.87. The third-order valence-corrected chi connectivity index (χ3v) is 3.90. The van der Waals surface area contributed by atoms with Crippen LogP contribution in [0.2, 0.25) is 5.02 Å². The van der Waals surface area contributed by atoms with E-state index in [-0.39, 0.29) is 12.4 Å². The second kappa shape index (κ2) is 7.27. The zero-order valence-corrected chi connectivity index (χ0v) is 13.5. The van der Waals surface area contributed by atoms with Gasteiger partial charge in [0.2, 0.25) is 5.89 Å². The predicted octanol–water partition coefficient (Wildman–Crippen LogP) is 3.21. The molecular weight excluding hydrogens is 309 g/mol. The molecule has 21 heavy (non-hydrogen) atoms. The first kappa shape index (κ1) is 16.3. The van der Waals surface area contributed by atoms with E-state index in [1.54, 1.807) is 6.26 Å². The molecule has 6 heteroatoms. The summed E-state index contributed by atoms with van der Waals surface area (Å²) in [6, 6.07) is 8.06. The summed E-state index contributed by atoms with van der Waals surface area (Å²) < 4.78 is 5.57. The smallest absolute Gasteiger partial charge is 0.226 e. The van der Waals surface area contributed by atoms with E-state index in [2.05, 4.69) is 22.1 Å². The summed E-state index contributed by atoms with van der Waals surface area (Å²) in [7, 11) is 0. The standard InChI is InChI=1S/C15H18ClN3O.ClH/c1-11-8-17-6-7-19(11)9-14-10-20-15(18-14)12-2-4-13(16)5-3-12;/h2-5,10-11,17H,6-9H2,1H3;1H. The number of hydrogen-bond donors (Lipinski definition) is 1. The van der Waals surface area contributed by atoms with E-state index in [9.17, 15) is 0 Å². The Morgan fingerprint density at radius 3 is 2.86 bits per heavy atom. The molecule has 0 radical (unpaired) electrons. The van der Waals surface area contributed by atoms with Gasteiger partial charge in [-0.25, -0.2) is 4.98 Å². The predicted molar refractivity (Wildman–Crippen MR) is 86.9 cm³/mol. The number of halogens is 2. The Balaban J connectivity index is 0.00000161. The fourth-order valence-electron chi connectivity index (χ4n) is 2.43. The molecule has 1 saturated heterocycles. The van der Waals surface area contributed by atoms with Crippen LogP contribution in [0.4, 0.5) is 0 Å². The lowest BCUT2D eigenvalue weighted by Gasteiger charge is -2.33. The van der Waals surface area contributed by atoms with Crippen LogP contribution in [0.1, 0.15) is 12.6 Å². The van der Waals surface area contributed by atoms with Gasteiger partial charge in [-0.1, -0.05) is 11.6 Å². The van der Waals surface area contributed by atoms with E-state index >= 15 is 0 Å². The highest BCUT2D eigenvalue weighted by Crippen LogP contribution is 2.21. The van der Waals surface area contributed by atoms with Gasteiger partial charge in [0.1, 0.15) is 6.26 Å². The largest absolute Gasteiger partial charge is 0.444 e. The van der Waals surface area contributed by atoms with Crippen LogP contribution < -0.4 is 5.32 Å². The number of benzene rings is 1. The van der Waals surface area contributed by atoms with E-state index in [1.807, 2.05) is 24.3 Å². The van der Waals surface area contributed by atoms with E-state index < -0.39 is 0 Å². The minimum atomic E-state index is 0. The van der Waals surface area contributed by atoms with Crippen LogP contribution in [-0.2, 0) is 6.54 Å². The van der Waals surface area contributed by atoms with Crippen molar-refractivity contribution in [1.82, 2.24) is 15.2 Å². The van der Waals surface area contributed by atoms with Gasteiger partial charge >= 0.3 is 0 Å². The molecule has 1 aromatic heterocycles. The normalized spacial score (nSPS) is 19.2. The third kappa shape index (κ3) is 3.98. The van der Waals surface area contributed by atoms with Crippen LogP contribution in [0, 0.1) is 0 Å². The number of oxazole rings is 1. The summed E-state index contributed by atoms with van der Waals surface area (Å²) in [6.45, 7) is 6.17. The summed E-state index contributed by atoms with van der Waals surface area (Å²) in [5.74, 6) is 0.652. The fourth-order valence-corrected chi connectivity index (χ4v) is 2.56. The Morgan fingerprint density at radius 1 is 1.38 bits per heavy atom. The van der Waals surface area contributed by atoms with Crippen molar-refractivity contribution in [2.24, 2.45) is 0 Å². The summed E-state index contributed by atoms with van der Waals surface area (Å²) in [5.41, 5.74) is 1.93. The van der Waals surface area contributed by atoms with Crippen LogP contribution in [-0.4, -0.2) is 35.6 Å². The lowest BCUT2D eigenvalue weighted by atomic mass is 10.2. The Morgan fingerprint density at radius 2 is 2.14 bits per heavy atom. The number of piperazine rings is 1. The van der Waals surface area contributed by atoms with Crippen molar-refractivity contribution in [3.63, 3.8) is 0 Å². The summed E-state index contributed by atoms with van der Waals surface area (Å²) in [6.07, 6.45) is 1.75. The first-order chi connectivity index (χ1) is 9.72. The van der Waals surface area contributed by atoms with Crippen molar-refractivity contribution in [3.8, 4) is 11.5 Å². The van der Waals surface area contributed by atoms with Gasteiger partial charge in [0.15, 0.2) is 0 Å². The average Bonchev–Trinajstić information content (AvgIpc) is 2.91. The SMILES string of the molecule is CC1CNCCN1Cc1coc(-c2ccc(Cl)cc2)n1.Cl. The van der Waals surface area contributed by atoms with Gasteiger partial charge in [0.05, 0.1) is 5.69 Å². The molecule has 3 rings (SSSR count). The molecule has 4 nitrogen and oxygen atoms in total. The lowest BCUT2D eigenvalue weighted by molar-refractivity contribution is 0.163. The number of rotatable bonds is 3. The number of nitrogens with zero attached hydrogens (tertiary/aromatic N) is 2. The monoisotopic (exact) mass is 327 g/mol. The van der Waals surface area contributed by atoms with Crippen LogP contribution in [0.15, 0.2) is 34.9 Å². The van der Waals surface area contributed by atoms with Gasteiger partial charge in [-0.05, 0) is 31.2 Å².